The highest BCUT2D eigenvalue weighted by atomic mass is 16.4. The molecule has 0 spiro atoms. The lowest BCUT2D eigenvalue weighted by atomic mass is 10.0. The molecule has 8 N–H and O–H groups in total. The fourth-order valence-electron chi connectivity index (χ4n) is 3.99. The van der Waals surface area contributed by atoms with E-state index in [1.165, 1.54) is 17.4 Å². The van der Waals surface area contributed by atoms with Crippen LogP contribution in [0, 0.1) is 5.92 Å². The van der Waals surface area contributed by atoms with Gasteiger partial charge in [0.2, 0.25) is 23.6 Å². The number of amides is 4. The Morgan fingerprint density at radius 2 is 1.94 bits per heavy atom. The maximum absolute atomic E-state index is 13.4. The Kier molecular flexibility index (Phi) is 10.2. The Morgan fingerprint density at radius 3 is 2.51 bits per heavy atom. The number of aromatic nitrogens is 2. The molecule has 1 aliphatic heterocycles. The Labute approximate surface area is 203 Å². The molecule has 4 unspecified atom stereocenters. The zero-order chi connectivity index (χ0) is 26.1. The summed E-state index contributed by atoms with van der Waals surface area (Å²) in [6.45, 7) is 4.08. The van der Waals surface area contributed by atoms with E-state index in [0.29, 0.717) is 31.5 Å². The molecule has 1 fully saturated rings. The van der Waals surface area contributed by atoms with Gasteiger partial charge in [-0.3, -0.25) is 19.2 Å². The van der Waals surface area contributed by atoms with Crippen molar-refractivity contribution in [1.29, 1.82) is 0 Å². The number of nitrogens with two attached hydrogens (primary N) is 2. The molecule has 0 aromatic carbocycles. The average molecular weight is 494 g/mol. The number of nitrogens with one attached hydrogen (secondary N) is 3. The van der Waals surface area contributed by atoms with Crippen molar-refractivity contribution >= 4 is 29.6 Å². The van der Waals surface area contributed by atoms with E-state index in [1.807, 2.05) is 13.8 Å². The molecule has 4 atom stereocenters. The highest BCUT2D eigenvalue weighted by Crippen LogP contribution is 2.21. The number of carboxylic acid groups (broad SMARTS) is 1. The van der Waals surface area contributed by atoms with Crippen molar-refractivity contribution in [2.45, 2.75) is 76.5 Å². The van der Waals surface area contributed by atoms with Crippen molar-refractivity contribution in [3.05, 3.63) is 18.2 Å². The lowest BCUT2D eigenvalue weighted by Gasteiger charge is -2.30. The molecule has 1 aromatic rings. The van der Waals surface area contributed by atoms with E-state index >= 15 is 0 Å². The normalized spacial score (nSPS) is 18.1. The van der Waals surface area contributed by atoms with Crippen LogP contribution in [0.1, 0.15) is 51.6 Å². The van der Waals surface area contributed by atoms with Gasteiger partial charge in [0, 0.05) is 31.3 Å². The molecule has 0 aliphatic carbocycles. The maximum Gasteiger partial charge on any atom is 0.326 e. The van der Waals surface area contributed by atoms with E-state index in [2.05, 4.69) is 20.6 Å². The van der Waals surface area contributed by atoms with Gasteiger partial charge >= 0.3 is 5.97 Å². The fourth-order valence-corrected chi connectivity index (χ4v) is 3.99. The third kappa shape index (κ3) is 8.35. The first-order valence-corrected chi connectivity index (χ1v) is 11.6. The van der Waals surface area contributed by atoms with Gasteiger partial charge in [0.05, 0.1) is 12.4 Å². The highest BCUT2D eigenvalue weighted by Gasteiger charge is 2.39. The van der Waals surface area contributed by atoms with E-state index in [1.54, 1.807) is 0 Å². The first-order chi connectivity index (χ1) is 16.5. The monoisotopic (exact) mass is 493 g/mol. The second-order valence-corrected chi connectivity index (χ2v) is 9.17. The standard InChI is InChI=1S/C22H35N7O6/c1-12(2)8-15(27-19(31)14(23)5-6-18(24)30)21(33)29-7-3-4-17(29)20(32)28-16(22(34)35)9-13-10-25-11-26-13/h10-12,14-17H,3-9,23H2,1-2H3,(H2,24,30)(H,25,26)(H,27,31)(H,28,32)(H,34,35). The minimum atomic E-state index is -1.21. The molecule has 2 rings (SSSR count). The number of carboxylic acids is 1. The summed E-state index contributed by atoms with van der Waals surface area (Å²) in [5.41, 5.74) is 11.5. The van der Waals surface area contributed by atoms with Crippen molar-refractivity contribution in [2.75, 3.05) is 6.54 Å². The molecule has 194 valence electrons. The van der Waals surface area contributed by atoms with E-state index in [9.17, 15) is 29.1 Å². The molecule has 1 aromatic heterocycles. The number of H-pyrrole nitrogens is 1. The second kappa shape index (κ2) is 12.8. The van der Waals surface area contributed by atoms with Crippen molar-refractivity contribution in [3.63, 3.8) is 0 Å². The zero-order valence-corrected chi connectivity index (χ0v) is 20.0. The summed E-state index contributed by atoms with van der Waals surface area (Å²) in [6.07, 6.45) is 4.13. The second-order valence-electron chi connectivity index (χ2n) is 9.17. The number of imidazole rings is 1. The molecule has 0 radical (unpaired) electrons. The smallest absolute Gasteiger partial charge is 0.326 e. The first kappa shape index (κ1) is 27.8. The number of aliphatic carboxylic acids is 1. The summed E-state index contributed by atoms with van der Waals surface area (Å²) < 4.78 is 0. The van der Waals surface area contributed by atoms with Gasteiger partial charge in [-0.15, -0.1) is 0 Å². The molecular formula is C22H35N7O6. The zero-order valence-electron chi connectivity index (χ0n) is 20.0. The highest BCUT2D eigenvalue weighted by molar-refractivity contribution is 5.94. The Morgan fingerprint density at radius 1 is 1.23 bits per heavy atom. The number of nitrogens with zero attached hydrogens (tertiary/aromatic N) is 2. The van der Waals surface area contributed by atoms with E-state index < -0.39 is 53.8 Å². The quantitative estimate of drug-likeness (QED) is 0.192. The van der Waals surface area contributed by atoms with Crippen molar-refractivity contribution in [3.8, 4) is 0 Å². The minimum absolute atomic E-state index is 0.0109. The van der Waals surface area contributed by atoms with Crippen molar-refractivity contribution < 1.29 is 29.1 Å². The van der Waals surface area contributed by atoms with Gasteiger partial charge in [0.25, 0.3) is 0 Å². The number of hydrogen-bond donors (Lipinski definition) is 6. The molecule has 2 heterocycles. The summed E-state index contributed by atoms with van der Waals surface area (Å²) in [7, 11) is 0. The topological polar surface area (TPSA) is 214 Å². The van der Waals surface area contributed by atoms with Gasteiger partial charge in [-0.05, 0) is 31.6 Å². The van der Waals surface area contributed by atoms with E-state index in [4.69, 9.17) is 11.5 Å². The largest absolute Gasteiger partial charge is 0.480 e. The number of hydrogen-bond acceptors (Lipinski definition) is 7. The molecule has 0 bridgehead atoms. The summed E-state index contributed by atoms with van der Waals surface area (Å²) in [5, 5.41) is 14.7. The van der Waals surface area contributed by atoms with Gasteiger partial charge in [-0.25, -0.2) is 9.78 Å². The average Bonchev–Trinajstić information content (AvgIpc) is 3.47. The number of carbonyl (C=O) groups is 5. The van der Waals surface area contributed by atoms with Crippen LogP contribution in [0.4, 0.5) is 0 Å². The maximum atomic E-state index is 13.4. The molecule has 1 aliphatic rings. The number of primary amides is 1. The molecule has 1 saturated heterocycles. The van der Waals surface area contributed by atoms with Gasteiger partial charge in [-0.2, -0.15) is 0 Å². The predicted octanol–water partition coefficient (Wildman–Crippen LogP) is -1.36. The van der Waals surface area contributed by atoms with Gasteiger partial charge < -0.3 is 37.1 Å². The van der Waals surface area contributed by atoms with Crippen LogP contribution < -0.4 is 22.1 Å². The molecule has 13 heteroatoms. The van der Waals surface area contributed by atoms with Crippen LogP contribution in [0.25, 0.3) is 0 Å². The van der Waals surface area contributed by atoms with Gasteiger partial charge in [-0.1, -0.05) is 13.8 Å². The first-order valence-electron chi connectivity index (χ1n) is 11.6. The molecule has 13 nitrogen and oxygen atoms in total. The Balaban J connectivity index is 2.09. The van der Waals surface area contributed by atoms with Crippen molar-refractivity contribution in [1.82, 2.24) is 25.5 Å². The molecule has 35 heavy (non-hydrogen) atoms. The van der Waals surface area contributed by atoms with E-state index in [-0.39, 0.29) is 25.2 Å². The lowest BCUT2D eigenvalue weighted by molar-refractivity contribution is -0.145. The number of rotatable bonds is 13. The number of carbonyl (C=O) groups excluding carboxylic acids is 4. The SMILES string of the molecule is CC(C)CC(NC(=O)C(N)CCC(N)=O)C(=O)N1CCCC1C(=O)NC(Cc1cnc[nH]1)C(=O)O. The van der Waals surface area contributed by atoms with Gasteiger partial charge in [0.15, 0.2) is 0 Å². The summed E-state index contributed by atoms with van der Waals surface area (Å²) in [6, 6.07) is -3.99. The van der Waals surface area contributed by atoms with Gasteiger partial charge in [0.1, 0.15) is 18.1 Å². The van der Waals surface area contributed by atoms with Crippen molar-refractivity contribution in [2.24, 2.45) is 17.4 Å². The van der Waals surface area contributed by atoms with Crippen LogP contribution in [-0.4, -0.2) is 80.3 Å². The minimum Gasteiger partial charge on any atom is -0.480 e. The molecule has 0 saturated carbocycles. The third-order valence-corrected chi connectivity index (χ3v) is 5.79. The summed E-state index contributed by atoms with van der Waals surface area (Å²) >= 11 is 0. The Hall–Kier alpha value is -3.48. The van der Waals surface area contributed by atoms with Crippen LogP contribution in [0.3, 0.4) is 0 Å². The van der Waals surface area contributed by atoms with Crippen LogP contribution in [0.2, 0.25) is 0 Å². The fraction of sp³-hybridized carbons (Fsp3) is 0.636. The predicted molar refractivity (Wildman–Crippen MR) is 124 cm³/mol. The van der Waals surface area contributed by atoms with Crippen LogP contribution in [-0.2, 0) is 30.4 Å². The lowest BCUT2D eigenvalue weighted by Crippen LogP contribution is -2.57. The third-order valence-electron chi connectivity index (χ3n) is 5.79. The summed E-state index contributed by atoms with van der Waals surface area (Å²) in [5.74, 6) is -3.34. The molecular weight excluding hydrogens is 458 g/mol. The van der Waals surface area contributed by atoms with Crippen LogP contribution in [0.15, 0.2) is 12.5 Å². The number of likely N-dealkylation sites (tertiary alicyclic amines) is 1. The van der Waals surface area contributed by atoms with E-state index in [0.717, 1.165) is 0 Å². The van der Waals surface area contributed by atoms with Crippen LogP contribution in [0.5, 0.6) is 0 Å². The van der Waals surface area contributed by atoms with Crippen LogP contribution >= 0.6 is 0 Å². The molecule has 4 amide bonds. The summed E-state index contributed by atoms with van der Waals surface area (Å²) in [4.78, 5) is 69.6. The Bertz CT molecular complexity index is 904. The number of aromatic amines is 1.